The van der Waals surface area contributed by atoms with Crippen LogP contribution < -0.4 is 10.6 Å². The van der Waals surface area contributed by atoms with Crippen molar-refractivity contribution in [3.63, 3.8) is 0 Å². The third-order valence-electron chi connectivity index (χ3n) is 3.00. The van der Waals surface area contributed by atoms with Gasteiger partial charge in [0, 0.05) is 13.1 Å². The number of nitrogen functional groups attached to an aromatic ring is 1. The fourth-order valence-corrected chi connectivity index (χ4v) is 1.98. The van der Waals surface area contributed by atoms with E-state index in [-0.39, 0.29) is 5.82 Å². The average molecular weight is 222 g/mol. The van der Waals surface area contributed by atoms with Crippen LogP contribution in [0.1, 0.15) is 26.2 Å². The summed E-state index contributed by atoms with van der Waals surface area (Å²) >= 11 is 0. The first-order chi connectivity index (χ1) is 7.70. The minimum atomic E-state index is -0.207. The normalized spacial score (nSPS) is 15.1. The Morgan fingerprint density at radius 3 is 2.81 bits per heavy atom. The number of nitrogens with two attached hydrogens (primary N) is 1. The second-order valence-electron chi connectivity index (χ2n) is 4.59. The van der Waals surface area contributed by atoms with Gasteiger partial charge in [-0.05, 0) is 43.4 Å². The molecule has 1 aromatic carbocycles. The van der Waals surface area contributed by atoms with Crippen LogP contribution in [-0.2, 0) is 0 Å². The van der Waals surface area contributed by atoms with E-state index in [1.165, 1.54) is 18.9 Å². The lowest BCUT2D eigenvalue weighted by atomic mass is 10.2. The minimum Gasteiger partial charge on any atom is -0.397 e. The third kappa shape index (κ3) is 2.65. The summed E-state index contributed by atoms with van der Waals surface area (Å²) in [4.78, 5) is 2.22. The van der Waals surface area contributed by atoms with Crippen LogP contribution in [0.4, 0.5) is 15.8 Å². The monoisotopic (exact) mass is 222 g/mol. The van der Waals surface area contributed by atoms with E-state index in [4.69, 9.17) is 5.73 Å². The SMILES string of the molecule is CCCN(CC1CC1)c1cc(F)ccc1N. The molecule has 2 N–H and O–H groups in total. The molecule has 1 saturated carbocycles. The van der Waals surface area contributed by atoms with Gasteiger partial charge in [0.05, 0.1) is 11.4 Å². The van der Waals surface area contributed by atoms with Gasteiger partial charge < -0.3 is 10.6 Å². The molecule has 0 bridgehead atoms. The highest BCUT2D eigenvalue weighted by atomic mass is 19.1. The van der Waals surface area contributed by atoms with Crippen molar-refractivity contribution in [1.82, 2.24) is 0 Å². The molecule has 0 spiro atoms. The zero-order valence-electron chi connectivity index (χ0n) is 9.75. The van der Waals surface area contributed by atoms with Crippen molar-refractivity contribution in [3.05, 3.63) is 24.0 Å². The molecule has 0 saturated heterocycles. The highest BCUT2D eigenvalue weighted by Gasteiger charge is 2.25. The van der Waals surface area contributed by atoms with Gasteiger partial charge in [0.15, 0.2) is 0 Å². The van der Waals surface area contributed by atoms with E-state index in [9.17, 15) is 4.39 Å². The zero-order chi connectivity index (χ0) is 11.5. The Morgan fingerprint density at radius 2 is 2.19 bits per heavy atom. The molecule has 0 aromatic heterocycles. The lowest BCUT2D eigenvalue weighted by molar-refractivity contribution is 0.625. The summed E-state index contributed by atoms with van der Waals surface area (Å²) in [5, 5.41) is 0. The molecule has 1 aromatic rings. The van der Waals surface area contributed by atoms with Gasteiger partial charge in [0.2, 0.25) is 0 Å². The van der Waals surface area contributed by atoms with Crippen molar-refractivity contribution in [2.45, 2.75) is 26.2 Å². The largest absolute Gasteiger partial charge is 0.397 e. The maximum absolute atomic E-state index is 13.2. The van der Waals surface area contributed by atoms with Crippen molar-refractivity contribution >= 4 is 11.4 Å². The molecule has 0 atom stereocenters. The summed E-state index contributed by atoms with van der Waals surface area (Å²) in [6.45, 7) is 4.10. The van der Waals surface area contributed by atoms with Crippen molar-refractivity contribution in [2.75, 3.05) is 23.7 Å². The van der Waals surface area contributed by atoms with Gasteiger partial charge in [-0.2, -0.15) is 0 Å². The Bertz CT molecular complexity index is 361. The van der Waals surface area contributed by atoms with Crippen molar-refractivity contribution in [3.8, 4) is 0 Å². The van der Waals surface area contributed by atoms with Crippen LogP contribution in [0.3, 0.4) is 0 Å². The van der Waals surface area contributed by atoms with Crippen LogP contribution >= 0.6 is 0 Å². The minimum absolute atomic E-state index is 0.207. The van der Waals surface area contributed by atoms with Crippen molar-refractivity contribution < 1.29 is 4.39 Å². The van der Waals surface area contributed by atoms with E-state index in [0.717, 1.165) is 31.1 Å². The Hall–Kier alpha value is -1.25. The molecule has 0 aliphatic heterocycles. The Labute approximate surface area is 96.2 Å². The van der Waals surface area contributed by atoms with E-state index in [0.29, 0.717) is 5.69 Å². The second kappa shape index (κ2) is 4.73. The van der Waals surface area contributed by atoms with Crippen molar-refractivity contribution in [2.24, 2.45) is 5.92 Å². The summed E-state index contributed by atoms with van der Waals surface area (Å²) in [5.74, 6) is 0.579. The molecule has 1 fully saturated rings. The molecule has 88 valence electrons. The van der Waals surface area contributed by atoms with E-state index in [1.54, 1.807) is 12.1 Å². The Morgan fingerprint density at radius 1 is 1.44 bits per heavy atom. The summed E-state index contributed by atoms with van der Waals surface area (Å²) in [6, 6.07) is 4.62. The van der Waals surface area contributed by atoms with Gasteiger partial charge in [-0.25, -0.2) is 4.39 Å². The van der Waals surface area contributed by atoms with Gasteiger partial charge in [-0.1, -0.05) is 6.92 Å². The summed E-state index contributed by atoms with van der Waals surface area (Å²) in [7, 11) is 0. The molecule has 0 heterocycles. The number of anilines is 2. The first kappa shape index (κ1) is 11.2. The van der Waals surface area contributed by atoms with Crippen LogP contribution in [0.5, 0.6) is 0 Å². The number of hydrogen-bond donors (Lipinski definition) is 1. The smallest absolute Gasteiger partial charge is 0.125 e. The maximum atomic E-state index is 13.2. The van der Waals surface area contributed by atoms with E-state index < -0.39 is 0 Å². The van der Waals surface area contributed by atoms with Gasteiger partial charge in [0.25, 0.3) is 0 Å². The fourth-order valence-electron chi connectivity index (χ4n) is 1.98. The lowest BCUT2D eigenvalue weighted by Gasteiger charge is -2.25. The standard InChI is InChI=1S/C13H19FN2/c1-2-7-16(9-10-3-4-10)13-8-11(14)5-6-12(13)15/h5-6,8,10H,2-4,7,9,15H2,1H3. The second-order valence-corrected chi connectivity index (χ2v) is 4.59. The van der Waals surface area contributed by atoms with Crippen molar-refractivity contribution in [1.29, 1.82) is 0 Å². The molecule has 0 amide bonds. The molecular formula is C13H19FN2. The number of benzene rings is 1. The average Bonchev–Trinajstić information content (AvgIpc) is 3.05. The highest BCUT2D eigenvalue weighted by molar-refractivity contribution is 5.67. The van der Waals surface area contributed by atoms with Gasteiger partial charge in [-0.15, -0.1) is 0 Å². The van der Waals surface area contributed by atoms with E-state index >= 15 is 0 Å². The Balaban J connectivity index is 2.18. The quantitative estimate of drug-likeness (QED) is 0.776. The van der Waals surface area contributed by atoms with Crippen LogP contribution in [0.2, 0.25) is 0 Å². The predicted octanol–water partition coefficient (Wildman–Crippen LogP) is 3.03. The van der Waals surface area contributed by atoms with Crippen LogP contribution in [0.25, 0.3) is 0 Å². The summed E-state index contributed by atoms with van der Waals surface area (Å²) in [5.41, 5.74) is 7.44. The molecule has 2 nitrogen and oxygen atoms in total. The van der Waals surface area contributed by atoms with E-state index in [1.807, 2.05) is 0 Å². The lowest BCUT2D eigenvalue weighted by Crippen LogP contribution is -2.27. The molecule has 2 rings (SSSR count). The number of halogens is 1. The van der Waals surface area contributed by atoms with Gasteiger partial charge in [0.1, 0.15) is 5.82 Å². The highest BCUT2D eigenvalue weighted by Crippen LogP contribution is 2.33. The maximum Gasteiger partial charge on any atom is 0.125 e. The Kier molecular flexibility index (Phi) is 3.32. The van der Waals surface area contributed by atoms with Gasteiger partial charge >= 0.3 is 0 Å². The first-order valence-electron chi connectivity index (χ1n) is 6.00. The van der Waals surface area contributed by atoms with Crippen LogP contribution in [-0.4, -0.2) is 13.1 Å². The third-order valence-corrected chi connectivity index (χ3v) is 3.00. The topological polar surface area (TPSA) is 29.3 Å². The van der Waals surface area contributed by atoms with Gasteiger partial charge in [-0.3, -0.25) is 0 Å². The molecule has 16 heavy (non-hydrogen) atoms. The molecule has 0 radical (unpaired) electrons. The first-order valence-corrected chi connectivity index (χ1v) is 6.00. The summed E-state index contributed by atoms with van der Waals surface area (Å²) < 4.78 is 13.2. The fraction of sp³-hybridized carbons (Fsp3) is 0.538. The zero-order valence-corrected chi connectivity index (χ0v) is 9.75. The van der Waals surface area contributed by atoms with Crippen LogP contribution in [0, 0.1) is 11.7 Å². The molecule has 0 unspecified atom stereocenters. The number of nitrogens with zero attached hydrogens (tertiary/aromatic N) is 1. The molecule has 1 aliphatic rings. The molecule has 1 aliphatic carbocycles. The predicted molar refractivity (Wildman–Crippen MR) is 66.0 cm³/mol. The number of hydrogen-bond acceptors (Lipinski definition) is 2. The number of rotatable bonds is 5. The molecular weight excluding hydrogens is 203 g/mol. The van der Waals surface area contributed by atoms with Crippen LogP contribution in [0.15, 0.2) is 18.2 Å². The molecule has 3 heteroatoms. The van der Waals surface area contributed by atoms with E-state index in [2.05, 4.69) is 11.8 Å². The summed E-state index contributed by atoms with van der Waals surface area (Å²) in [6.07, 6.45) is 3.66.